The van der Waals surface area contributed by atoms with Gasteiger partial charge in [-0.2, -0.15) is 0 Å². The van der Waals surface area contributed by atoms with Gasteiger partial charge in [-0.3, -0.25) is 0 Å². The Labute approximate surface area is 181 Å². The third-order valence-corrected chi connectivity index (χ3v) is 4.06. The molecule has 0 N–H and O–H groups in total. The average molecular weight is 420 g/mol. The lowest BCUT2D eigenvalue weighted by atomic mass is 10.2. The van der Waals surface area contributed by atoms with Gasteiger partial charge in [0, 0.05) is 0 Å². The van der Waals surface area contributed by atoms with Crippen molar-refractivity contribution in [1.29, 1.82) is 0 Å². The second kappa shape index (κ2) is 10.8. The summed E-state index contributed by atoms with van der Waals surface area (Å²) in [6.45, 7) is 4.24. The lowest BCUT2D eigenvalue weighted by molar-refractivity contribution is 0.0376. The molecule has 0 amide bonds. The molecule has 0 aliphatic heterocycles. The van der Waals surface area contributed by atoms with Gasteiger partial charge in [-0.25, -0.2) is 9.59 Å². The molecule has 6 nitrogen and oxygen atoms in total. The number of carbonyl (C=O) groups is 2. The van der Waals surface area contributed by atoms with Crippen molar-refractivity contribution in [3.8, 4) is 17.2 Å². The molecule has 31 heavy (non-hydrogen) atoms. The molecule has 0 bridgehead atoms. The molecule has 0 aliphatic carbocycles. The van der Waals surface area contributed by atoms with Gasteiger partial charge in [-0.1, -0.05) is 30.3 Å². The summed E-state index contributed by atoms with van der Waals surface area (Å²) >= 11 is 0. The predicted molar refractivity (Wildman–Crippen MR) is 116 cm³/mol. The number of rotatable bonds is 9. The third kappa shape index (κ3) is 6.89. The Hall–Kier alpha value is -3.80. The van der Waals surface area contributed by atoms with Crippen LogP contribution in [-0.4, -0.2) is 31.3 Å². The Kier molecular flexibility index (Phi) is 7.65. The lowest BCUT2D eigenvalue weighted by Crippen LogP contribution is -2.13. The minimum Gasteiger partial charge on any atom is -0.490 e. The molecule has 6 heteroatoms. The van der Waals surface area contributed by atoms with E-state index in [2.05, 4.69) is 0 Å². The van der Waals surface area contributed by atoms with Crippen molar-refractivity contribution in [3.63, 3.8) is 0 Å². The minimum absolute atomic E-state index is 0.237. The number of benzene rings is 3. The second-order valence-corrected chi connectivity index (χ2v) is 6.91. The van der Waals surface area contributed by atoms with Crippen molar-refractivity contribution in [2.45, 2.75) is 20.0 Å². The average Bonchev–Trinajstić information content (AvgIpc) is 2.77. The van der Waals surface area contributed by atoms with Gasteiger partial charge < -0.3 is 18.9 Å². The van der Waals surface area contributed by atoms with Gasteiger partial charge in [0.1, 0.15) is 30.5 Å². The van der Waals surface area contributed by atoms with E-state index in [1.807, 2.05) is 30.3 Å². The topological polar surface area (TPSA) is 71.1 Å². The van der Waals surface area contributed by atoms with E-state index in [-0.39, 0.29) is 11.9 Å². The summed E-state index contributed by atoms with van der Waals surface area (Å²) in [5, 5.41) is 0. The molecular formula is C25H24O6. The van der Waals surface area contributed by atoms with Crippen LogP contribution >= 0.6 is 0 Å². The first kappa shape index (κ1) is 21.9. The maximum atomic E-state index is 12.5. The predicted octanol–water partition coefficient (Wildman–Crippen LogP) is 4.93. The standard InChI is InChI=1S/C25H24O6/c1-18(2)30-24(26)20-9-7-13-23(17-20)31-25(27)19-8-6-12-22(16-19)29-15-14-28-21-10-4-3-5-11-21/h3-13,16-18H,14-15H2,1-2H3. The van der Waals surface area contributed by atoms with E-state index in [9.17, 15) is 9.59 Å². The normalized spacial score (nSPS) is 10.4. The molecule has 0 saturated heterocycles. The number of esters is 2. The molecule has 3 rings (SSSR count). The van der Waals surface area contributed by atoms with Crippen molar-refractivity contribution >= 4 is 11.9 Å². The van der Waals surface area contributed by atoms with E-state index in [0.717, 1.165) is 5.75 Å². The van der Waals surface area contributed by atoms with Crippen LogP contribution in [0.3, 0.4) is 0 Å². The molecule has 0 spiro atoms. The van der Waals surface area contributed by atoms with E-state index >= 15 is 0 Å². The molecule has 0 unspecified atom stereocenters. The molecule has 0 heterocycles. The first-order valence-electron chi connectivity index (χ1n) is 9.95. The Bertz CT molecular complexity index is 1010. The Morgan fingerprint density at radius 3 is 1.90 bits per heavy atom. The molecular weight excluding hydrogens is 396 g/mol. The summed E-state index contributed by atoms with van der Waals surface area (Å²) in [7, 11) is 0. The number of hydrogen-bond donors (Lipinski definition) is 0. The molecule has 160 valence electrons. The number of ether oxygens (including phenoxy) is 4. The van der Waals surface area contributed by atoms with E-state index in [0.29, 0.717) is 30.1 Å². The van der Waals surface area contributed by atoms with Crippen molar-refractivity contribution in [3.05, 3.63) is 90.0 Å². The van der Waals surface area contributed by atoms with Gasteiger partial charge in [-0.05, 0) is 62.4 Å². The molecule has 0 atom stereocenters. The van der Waals surface area contributed by atoms with Crippen LogP contribution in [0.25, 0.3) is 0 Å². The summed E-state index contributed by atoms with van der Waals surface area (Å²) in [4.78, 5) is 24.6. The van der Waals surface area contributed by atoms with Gasteiger partial charge in [0.25, 0.3) is 0 Å². The van der Waals surface area contributed by atoms with Crippen LogP contribution < -0.4 is 14.2 Å². The molecule has 0 radical (unpaired) electrons. The van der Waals surface area contributed by atoms with Crippen molar-refractivity contribution in [1.82, 2.24) is 0 Å². The maximum Gasteiger partial charge on any atom is 0.343 e. The van der Waals surface area contributed by atoms with Gasteiger partial charge in [0.05, 0.1) is 17.2 Å². The summed E-state index contributed by atoms with van der Waals surface area (Å²) in [5.74, 6) is 0.524. The van der Waals surface area contributed by atoms with Gasteiger partial charge in [0.15, 0.2) is 0 Å². The molecule has 3 aromatic carbocycles. The summed E-state index contributed by atoms with van der Waals surface area (Å²) < 4.78 is 21.8. The smallest absolute Gasteiger partial charge is 0.343 e. The fourth-order valence-electron chi connectivity index (χ4n) is 2.68. The fourth-order valence-corrected chi connectivity index (χ4v) is 2.68. The lowest BCUT2D eigenvalue weighted by Gasteiger charge is -2.10. The second-order valence-electron chi connectivity index (χ2n) is 6.91. The van der Waals surface area contributed by atoms with Crippen molar-refractivity contribution in [2.24, 2.45) is 0 Å². The highest BCUT2D eigenvalue weighted by molar-refractivity contribution is 5.93. The summed E-state index contributed by atoms with van der Waals surface area (Å²) in [6, 6.07) is 22.5. The monoisotopic (exact) mass is 420 g/mol. The Morgan fingerprint density at radius 1 is 0.677 bits per heavy atom. The number of carbonyl (C=O) groups excluding carboxylic acids is 2. The third-order valence-electron chi connectivity index (χ3n) is 4.06. The van der Waals surface area contributed by atoms with Crippen molar-refractivity contribution < 1.29 is 28.5 Å². The first-order chi connectivity index (χ1) is 15.0. The largest absolute Gasteiger partial charge is 0.490 e. The van der Waals surface area contributed by atoms with E-state index in [4.69, 9.17) is 18.9 Å². The molecule has 0 aromatic heterocycles. The zero-order valence-electron chi connectivity index (χ0n) is 17.4. The summed E-state index contributed by atoms with van der Waals surface area (Å²) in [6.07, 6.45) is -0.237. The maximum absolute atomic E-state index is 12.5. The van der Waals surface area contributed by atoms with Crippen LogP contribution in [0.1, 0.15) is 34.6 Å². The Balaban J connectivity index is 1.55. The first-order valence-corrected chi connectivity index (χ1v) is 9.95. The van der Waals surface area contributed by atoms with Crippen LogP contribution in [0.5, 0.6) is 17.2 Å². The molecule has 0 saturated carbocycles. The van der Waals surface area contributed by atoms with Crippen molar-refractivity contribution in [2.75, 3.05) is 13.2 Å². The summed E-state index contributed by atoms with van der Waals surface area (Å²) in [5.41, 5.74) is 0.645. The van der Waals surface area contributed by atoms with E-state index in [1.54, 1.807) is 56.3 Å². The van der Waals surface area contributed by atoms with Crippen LogP contribution in [-0.2, 0) is 4.74 Å². The number of hydrogen-bond acceptors (Lipinski definition) is 6. The zero-order valence-corrected chi connectivity index (χ0v) is 17.4. The van der Waals surface area contributed by atoms with Crippen LogP contribution in [0, 0.1) is 0 Å². The van der Waals surface area contributed by atoms with Gasteiger partial charge in [0.2, 0.25) is 0 Å². The van der Waals surface area contributed by atoms with Crippen LogP contribution in [0.2, 0.25) is 0 Å². The minimum atomic E-state index is -0.555. The van der Waals surface area contributed by atoms with Gasteiger partial charge >= 0.3 is 11.9 Å². The molecule has 0 fully saturated rings. The van der Waals surface area contributed by atoms with E-state index < -0.39 is 11.9 Å². The highest BCUT2D eigenvalue weighted by Gasteiger charge is 2.13. The molecule has 3 aromatic rings. The van der Waals surface area contributed by atoms with Crippen LogP contribution in [0.4, 0.5) is 0 Å². The highest BCUT2D eigenvalue weighted by atomic mass is 16.5. The van der Waals surface area contributed by atoms with E-state index in [1.165, 1.54) is 6.07 Å². The fraction of sp³-hybridized carbons (Fsp3) is 0.200. The molecule has 0 aliphatic rings. The number of para-hydroxylation sites is 1. The van der Waals surface area contributed by atoms with Gasteiger partial charge in [-0.15, -0.1) is 0 Å². The van der Waals surface area contributed by atoms with Crippen LogP contribution in [0.15, 0.2) is 78.9 Å². The Morgan fingerprint density at radius 2 is 1.23 bits per heavy atom. The quantitative estimate of drug-likeness (QED) is 0.278. The SMILES string of the molecule is CC(C)OC(=O)c1cccc(OC(=O)c2cccc(OCCOc3ccccc3)c2)c1. The highest BCUT2D eigenvalue weighted by Crippen LogP contribution is 2.19. The zero-order chi connectivity index (χ0) is 22.1.